The van der Waals surface area contributed by atoms with Crippen molar-refractivity contribution >= 4 is 5.97 Å². The van der Waals surface area contributed by atoms with Gasteiger partial charge in [0, 0.05) is 6.42 Å². The van der Waals surface area contributed by atoms with Gasteiger partial charge in [0.25, 0.3) is 0 Å². The quantitative estimate of drug-likeness (QED) is 0.810. The summed E-state index contributed by atoms with van der Waals surface area (Å²) in [7, 11) is 0. The van der Waals surface area contributed by atoms with Gasteiger partial charge in [-0.05, 0) is 30.2 Å². The lowest BCUT2D eigenvalue weighted by molar-refractivity contribution is -0.145. The third-order valence-corrected chi connectivity index (χ3v) is 2.92. The van der Waals surface area contributed by atoms with E-state index in [0.717, 1.165) is 17.7 Å². The predicted octanol–water partition coefficient (Wildman–Crippen LogP) is 1.38. The van der Waals surface area contributed by atoms with Gasteiger partial charge in [0.15, 0.2) is 0 Å². The molecule has 0 bridgehead atoms. The molecule has 4 heteroatoms. The smallest absolute Gasteiger partial charge is 0.309 e. The van der Waals surface area contributed by atoms with Gasteiger partial charge in [-0.25, -0.2) is 0 Å². The minimum absolute atomic E-state index is 0.638. The van der Waals surface area contributed by atoms with Crippen LogP contribution in [0.25, 0.3) is 0 Å². The minimum Gasteiger partial charge on any atom is -0.493 e. The van der Waals surface area contributed by atoms with Crippen LogP contribution >= 0.6 is 0 Å². The molecule has 0 fully saturated rings. The summed E-state index contributed by atoms with van der Waals surface area (Å²) in [5, 5.41) is 18.7. The summed E-state index contributed by atoms with van der Waals surface area (Å²) < 4.78 is 5.34. The van der Waals surface area contributed by atoms with Gasteiger partial charge in [0.05, 0.1) is 18.6 Å². The fourth-order valence-corrected chi connectivity index (χ4v) is 1.81. The SMILES string of the molecule is CC(C(=O)O)C(O)c1ccc2c(c1)CCO2. The molecule has 2 N–H and O–H groups in total. The zero-order valence-electron chi connectivity index (χ0n) is 9.01. The first-order valence-corrected chi connectivity index (χ1v) is 5.26. The van der Waals surface area contributed by atoms with Crippen LogP contribution in [0.4, 0.5) is 0 Å². The van der Waals surface area contributed by atoms with E-state index < -0.39 is 18.0 Å². The number of benzene rings is 1. The largest absolute Gasteiger partial charge is 0.493 e. The average Bonchev–Trinajstić information content (AvgIpc) is 2.73. The fourth-order valence-electron chi connectivity index (χ4n) is 1.81. The number of carboxylic acids is 1. The van der Waals surface area contributed by atoms with Crippen molar-refractivity contribution in [3.05, 3.63) is 29.3 Å². The molecule has 0 saturated carbocycles. The number of carboxylic acid groups (broad SMARTS) is 1. The minimum atomic E-state index is -0.996. The number of aliphatic hydroxyl groups is 1. The summed E-state index contributed by atoms with van der Waals surface area (Å²) in [5.41, 5.74) is 1.67. The van der Waals surface area contributed by atoms with Crippen LogP contribution in [0.3, 0.4) is 0 Å². The van der Waals surface area contributed by atoms with E-state index in [1.54, 1.807) is 12.1 Å². The Morgan fingerprint density at radius 2 is 2.25 bits per heavy atom. The predicted molar refractivity (Wildman–Crippen MR) is 57.4 cm³/mol. The molecule has 1 aliphatic rings. The van der Waals surface area contributed by atoms with E-state index in [0.29, 0.717) is 12.2 Å². The molecule has 0 radical (unpaired) electrons. The molecule has 4 nitrogen and oxygen atoms in total. The van der Waals surface area contributed by atoms with Gasteiger partial charge in [0.2, 0.25) is 0 Å². The van der Waals surface area contributed by atoms with E-state index in [1.807, 2.05) is 6.07 Å². The molecule has 0 saturated heterocycles. The lowest BCUT2D eigenvalue weighted by atomic mass is 9.96. The standard InChI is InChI=1S/C12H14O4/c1-7(12(14)15)11(13)9-2-3-10-8(6-9)4-5-16-10/h2-3,6-7,11,13H,4-5H2,1H3,(H,14,15). The first-order chi connectivity index (χ1) is 7.59. The molecule has 2 rings (SSSR count). The molecule has 16 heavy (non-hydrogen) atoms. The van der Waals surface area contributed by atoms with Crippen LogP contribution in [0.1, 0.15) is 24.2 Å². The van der Waals surface area contributed by atoms with Gasteiger partial charge in [0.1, 0.15) is 5.75 Å². The molecule has 0 amide bonds. The van der Waals surface area contributed by atoms with Crippen LogP contribution in [0.2, 0.25) is 0 Å². The highest BCUT2D eigenvalue weighted by Gasteiger charge is 2.24. The van der Waals surface area contributed by atoms with Gasteiger partial charge >= 0.3 is 5.97 Å². The summed E-state index contributed by atoms with van der Waals surface area (Å²) in [5.74, 6) is -0.969. The van der Waals surface area contributed by atoms with Crippen LogP contribution in [0.5, 0.6) is 5.75 Å². The number of hydrogen-bond donors (Lipinski definition) is 2. The second-order valence-corrected chi connectivity index (χ2v) is 4.04. The van der Waals surface area contributed by atoms with E-state index in [2.05, 4.69) is 0 Å². The van der Waals surface area contributed by atoms with Crippen LogP contribution in [-0.4, -0.2) is 22.8 Å². The number of carbonyl (C=O) groups is 1. The Bertz CT molecular complexity index is 413. The van der Waals surface area contributed by atoms with E-state index in [4.69, 9.17) is 9.84 Å². The third kappa shape index (κ3) is 1.88. The van der Waals surface area contributed by atoms with Crippen LogP contribution in [0.15, 0.2) is 18.2 Å². The van der Waals surface area contributed by atoms with Gasteiger partial charge < -0.3 is 14.9 Å². The summed E-state index contributed by atoms with van der Waals surface area (Å²) in [6.07, 6.45) is -0.152. The number of ether oxygens (including phenoxy) is 1. The maximum atomic E-state index is 10.8. The summed E-state index contributed by atoms with van der Waals surface area (Å²) >= 11 is 0. The molecule has 1 aliphatic heterocycles. The average molecular weight is 222 g/mol. The second-order valence-electron chi connectivity index (χ2n) is 4.04. The summed E-state index contributed by atoms with van der Waals surface area (Å²) in [6.45, 7) is 2.15. The van der Waals surface area contributed by atoms with E-state index in [1.165, 1.54) is 6.92 Å². The Morgan fingerprint density at radius 1 is 1.50 bits per heavy atom. The monoisotopic (exact) mass is 222 g/mol. The third-order valence-electron chi connectivity index (χ3n) is 2.92. The topological polar surface area (TPSA) is 66.8 Å². The summed E-state index contributed by atoms with van der Waals surface area (Å²) in [6, 6.07) is 5.33. The molecule has 86 valence electrons. The van der Waals surface area contributed by atoms with Gasteiger partial charge in [-0.15, -0.1) is 0 Å². The van der Waals surface area contributed by atoms with Gasteiger partial charge in [-0.3, -0.25) is 4.79 Å². The molecule has 2 unspecified atom stereocenters. The van der Waals surface area contributed by atoms with E-state index in [-0.39, 0.29) is 0 Å². The van der Waals surface area contributed by atoms with Crippen molar-refractivity contribution < 1.29 is 19.7 Å². The maximum Gasteiger partial charge on any atom is 0.309 e. The number of aliphatic carboxylic acids is 1. The number of aliphatic hydroxyl groups excluding tert-OH is 1. The van der Waals surface area contributed by atoms with Crippen molar-refractivity contribution in [2.24, 2.45) is 5.92 Å². The molecule has 1 aromatic rings. The molecular formula is C12H14O4. The first kappa shape index (κ1) is 11.0. The van der Waals surface area contributed by atoms with Crippen molar-refractivity contribution in [1.82, 2.24) is 0 Å². The van der Waals surface area contributed by atoms with E-state index >= 15 is 0 Å². The van der Waals surface area contributed by atoms with Crippen LogP contribution in [-0.2, 0) is 11.2 Å². The summed E-state index contributed by atoms with van der Waals surface area (Å²) in [4.78, 5) is 10.8. The Kier molecular flexibility index (Phi) is 2.83. The van der Waals surface area contributed by atoms with Crippen molar-refractivity contribution in [1.29, 1.82) is 0 Å². The normalized spacial score (nSPS) is 17.4. The van der Waals surface area contributed by atoms with Crippen molar-refractivity contribution in [2.45, 2.75) is 19.4 Å². The van der Waals surface area contributed by atoms with Gasteiger partial charge in [-0.2, -0.15) is 0 Å². The van der Waals surface area contributed by atoms with Crippen LogP contribution in [0, 0.1) is 5.92 Å². The molecule has 0 spiro atoms. The van der Waals surface area contributed by atoms with Gasteiger partial charge in [-0.1, -0.05) is 6.07 Å². The van der Waals surface area contributed by atoms with Crippen molar-refractivity contribution in [3.8, 4) is 5.75 Å². The molecule has 1 heterocycles. The lowest BCUT2D eigenvalue weighted by Gasteiger charge is -2.15. The van der Waals surface area contributed by atoms with Crippen LogP contribution < -0.4 is 4.74 Å². The zero-order valence-corrected chi connectivity index (χ0v) is 9.01. The molecule has 0 aliphatic carbocycles. The lowest BCUT2D eigenvalue weighted by Crippen LogP contribution is -2.18. The number of rotatable bonds is 3. The Morgan fingerprint density at radius 3 is 2.94 bits per heavy atom. The fraction of sp³-hybridized carbons (Fsp3) is 0.417. The zero-order chi connectivity index (χ0) is 11.7. The number of fused-ring (bicyclic) bond motifs is 1. The Balaban J connectivity index is 2.24. The first-order valence-electron chi connectivity index (χ1n) is 5.26. The molecule has 2 atom stereocenters. The molecular weight excluding hydrogens is 208 g/mol. The van der Waals surface area contributed by atoms with Crippen molar-refractivity contribution in [3.63, 3.8) is 0 Å². The molecule has 1 aromatic carbocycles. The van der Waals surface area contributed by atoms with E-state index in [9.17, 15) is 9.90 Å². The maximum absolute atomic E-state index is 10.8. The highest BCUT2D eigenvalue weighted by molar-refractivity contribution is 5.70. The highest BCUT2D eigenvalue weighted by atomic mass is 16.5. The second kappa shape index (κ2) is 4.14. The Labute approximate surface area is 93.5 Å². The molecule has 0 aromatic heterocycles. The highest BCUT2D eigenvalue weighted by Crippen LogP contribution is 2.30. The Hall–Kier alpha value is -1.55. The van der Waals surface area contributed by atoms with Crippen molar-refractivity contribution in [2.75, 3.05) is 6.61 Å². The number of hydrogen-bond acceptors (Lipinski definition) is 3.